The first kappa shape index (κ1) is 14.0. The van der Waals surface area contributed by atoms with Crippen molar-refractivity contribution in [2.24, 2.45) is 7.05 Å². The highest BCUT2D eigenvalue weighted by Gasteiger charge is 2.16. The fourth-order valence-electron chi connectivity index (χ4n) is 2.02. The number of thiazole rings is 1. The van der Waals surface area contributed by atoms with Crippen LogP contribution in [0.4, 0.5) is 10.8 Å². The molecule has 0 aliphatic carbocycles. The van der Waals surface area contributed by atoms with E-state index in [4.69, 9.17) is 5.73 Å². The third kappa shape index (κ3) is 3.06. The van der Waals surface area contributed by atoms with Crippen LogP contribution in [0.15, 0.2) is 17.8 Å². The van der Waals surface area contributed by atoms with Gasteiger partial charge < -0.3 is 11.1 Å². The maximum Gasteiger partial charge on any atom is 0.149 e. The number of rotatable bonds is 5. The van der Waals surface area contributed by atoms with Crippen LogP contribution in [0.5, 0.6) is 0 Å². The van der Waals surface area contributed by atoms with E-state index in [-0.39, 0.29) is 0 Å². The van der Waals surface area contributed by atoms with Crippen molar-refractivity contribution in [1.82, 2.24) is 19.1 Å². The molecule has 3 aromatic heterocycles. The molecule has 110 valence electrons. The van der Waals surface area contributed by atoms with Crippen LogP contribution in [0.3, 0.4) is 0 Å². The largest absolute Gasteiger partial charge is 0.382 e. The summed E-state index contributed by atoms with van der Waals surface area (Å²) in [5, 5.41) is 11.5. The Labute approximate surface area is 130 Å². The molecule has 0 spiro atoms. The van der Waals surface area contributed by atoms with Gasteiger partial charge in [-0.05, 0) is 30.4 Å². The molecule has 3 aromatic rings. The lowest BCUT2D eigenvalue weighted by molar-refractivity contribution is 0.767. The molecule has 0 radical (unpaired) electrons. The maximum atomic E-state index is 5.98. The van der Waals surface area contributed by atoms with Gasteiger partial charge >= 0.3 is 0 Å². The second-order valence-electron chi connectivity index (χ2n) is 4.77. The predicted molar refractivity (Wildman–Crippen MR) is 87.8 cm³/mol. The minimum atomic E-state index is 0.540. The second kappa shape index (κ2) is 5.82. The zero-order chi connectivity index (χ0) is 14.8. The average molecular weight is 320 g/mol. The molecule has 0 saturated carbocycles. The van der Waals surface area contributed by atoms with Gasteiger partial charge in [0.05, 0.1) is 11.8 Å². The summed E-state index contributed by atoms with van der Waals surface area (Å²) >= 11 is 2.97. The van der Waals surface area contributed by atoms with Gasteiger partial charge in [-0.15, -0.1) is 11.3 Å². The number of anilines is 2. The van der Waals surface area contributed by atoms with E-state index in [0.717, 1.165) is 34.2 Å². The quantitative estimate of drug-likeness (QED) is 0.755. The van der Waals surface area contributed by atoms with E-state index in [0.29, 0.717) is 5.82 Å². The van der Waals surface area contributed by atoms with Crippen LogP contribution >= 0.6 is 22.9 Å². The number of aryl methyl sites for hydroxylation is 2. The lowest BCUT2D eigenvalue weighted by Gasteiger charge is -2.04. The molecule has 0 saturated heterocycles. The Morgan fingerprint density at radius 2 is 2.29 bits per heavy atom. The Hall–Kier alpha value is -1.93. The summed E-state index contributed by atoms with van der Waals surface area (Å²) in [6.07, 6.45) is 4.81. The van der Waals surface area contributed by atoms with E-state index in [1.807, 2.05) is 36.4 Å². The Morgan fingerprint density at radius 3 is 2.95 bits per heavy atom. The van der Waals surface area contributed by atoms with E-state index < -0.39 is 0 Å². The van der Waals surface area contributed by atoms with E-state index >= 15 is 0 Å². The summed E-state index contributed by atoms with van der Waals surface area (Å²) in [5.41, 5.74) is 9.11. The molecule has 6 nitrogen and oxygen atoms in total. The van der Waals surface area contributed by atoms with Crippen LogP contribution in [0.25, 0.3) is 10.6 Å². The van der Waals surface area contributed by atoms with E-state index in [9.17, 15) is 0 Å². The molecule has 0 amide bonds. The highest BCUT2D eigenvalue weighted by molar-refractivity contribution is 7.15. The van der Waals surface area contributed by atoms with Gasteiger partial charge in [0.2, 0.25) is 0 Å². The first-order chi connectivity index (χ1) is 10.1. The van der Waals surface area contributed by atoms with Crippen LogP contribution in [0.1, 0.15) is 11.3 Å². The molecule has 0 atom stereocenters. The van der Waals surface area contributed by atoms with Gasteiger partial charge in [0.25, 0.3) is 0 Å². The van der Waals surface area contributed by atoms with Gasteiger partial charge in [-0.25, -0.2) is 4.98 Å². The zero-order valence-corrected chi connectivity index (χ0v) is 13.5. The van der Waals surface area contributed by atoms with Gasteiger partial charge in [-0.1, -0.05) is 0 Å². The van der Waals surface area contributed by atoms with Crippen LogP contribution in [-0.4, -0.2) is 25.7 Å². The minimum absolute atomic E-state index is 0.540. The number of nitrogens with zero attached hydrogens (tertiary/aromatic N) is 4. The normalized spacial score (nSPS) is 11.0. The smallest absolute Gasteiger partial charge is 0.149 e. The van der Waals surface area contributed by atoms with E-state index in [1.165, 1.54) is 17.1 Å². The van der Waals surface area contributed by atoms with Crippen molar-refractivity contribution in [2.75, 3.05) is 17.6 Å². The molecule has 3 heterocycles. The highest BCUT2D eigenvalue weighted by atomic mass is 32.1. The topological polar surface area (TPSA) is 81.6 Å². The molecule has 0 unspecified atom stereocenters. The van der Waals surface area contributed by atoms with Crippen LogP contribution in [0, 0.1) is 6.92 Å². The fourth-order valence-corrected chi connectivity index (χ4v) is 3.68. The summed E-state index contributed by atoms with van der Waals surface area (Å²) in [5.74, 6) is 0.540. The van der Waals surface area contributed by atoms with Crippen molar-refractivity contribution in [2.45, 2.75) is 13.3 Å². The van der Waals surface area contributed by atoms with Crippen molar-refractivity contribution in [1.29, 1.82) is 0 Å². The third-order valence-electron chi connectivity index (χ3n) is 3.01. The summed E-state index contributed by atoms with van der Waals surface area (Å²) in [6, 6.07) is 0. The molecule has 0 aliphatic rings. The highest BCUT2D eigenvalue weighted by Crippen LogP contribution is 2.38. The van der Waals surface area contributed by atoms with Crippen LogP contribution < -0.4 is 11.1 Å². The molecule has 3 rings (SSSR count). The SMILES string of the molecule is Cc1csc(-c2c(N)nsc2NCCc2cnn(C)c2)n1. The van der Waals surface area contributed by atoms with Crippen molar-refractivity contribution < 1.29 is 0 Å². The molecule has 8 heteroatoms. The van der Waals surface area contributed by atoms with Crippen molar-refractivity contribution >= 4 is 33.7 Å². The number of nitrogens with two attached hydrogens (primary N) is 1. The van der Waals surface area contributed by atoms with Gasteiger partial charge in [-0.2, -0.15) is 9.47 Å². The lowest BCUT2D eigenvalue weighted by atomic mass is 10.2. The summed E-state index contributed by atoms with van der Waals surface area (Å²) < 4.78 is 6.05. The van der Waals surface area contributed by atoms with E-state index in [2.05, 4.69) is 19.8 Å². The lowest BCUT2D eigenvalue weighted by Crippen LogP contribution is -2.04. The first-order valence-corrected chi connectivity index (χ1v) is 8.18. The monoisotopic (exact) mass is 320 g/mol. The van der Waals surface area contributed by atoms with Gasteiger partial charge in [0.1, 0.15) is 15.8 Å². The summed E-state index contributed by atoms with van der Waals surface area (Å²) in [4.78, 5) is 4.50. The molecule has 3 N–H and O–H groups in total. The Morgan fingerprint density at radius 1 is 1.43 bits per heavy atom. The Kier molecular flexibility index (Phi) is 3.89. The van der Waals surface area contributed by atoms with Gasteiger partial charge in [-0.3, -0.25) is 4.68 Å². The standard InChI is InChI=1S/C13H16N6S2/c1-8-7-20-13(17-8)10-11(14)18-21-12(10)15-4-3-9-5-16-19(2)6-9/h5-7,15H,3-4H2,1-2H3,(H2,14,18). The molecular weight excluding hydrogens is 304 g/mol. The Bertz CT molecular complexity index is 742. The molecule has 21 heavy (non-hydrogen) atoms. The van der Waals surface area contributed by atoms with Crippen molar-refractivity contribution in [3.63, 3.8) is 0 Å². The summed E-state index contributed by atoms with van der Waals surface area (Å²) in [6.45, 7) is 2.79. The van der Waals surface area contributed by atoms with Crippen molar-refractivity contribution in [3.8, 4) is 10.6 Å². The van der Waals surface area contributed by atoms with Crippen LogP contribution in [-0.2, 0) is 13.5 Å². The van der Waals surface area contributed by atoms with Gasteiger partial charge in [0, 0.05) is 30.9 Å². The van der Waals surface area contributed by atoms with Crippen LogP contribution in [0.2, 0.25) is 0 Å². The number of nitrogens with one attached hydrogen (secondary N) is 1. The molecule has 0 aromatic carbocycles. The van der Waals surface area contributed by atoms with Crippen molar-refractivity contribution in [3.05, 3.63) is 29.0 Å². The predicted octanol–water partition coefficient (Wildman–Crippen LogP) is 2.55. The Balaban J connectivity index is 1.71. The number of aromatic nitrogens is 4. The zero-order valence-electron chi connectivity index (χ0n) is 11.8. The van der Waals surface area contributed by atoms with E-state index in [1.54, 1.807) is 11.3 Å². The maximum absolute atomic E-state index is 5.98. The fraction of sp³-hybridized carbons (Fsp3) is 0.308. The number of nitrogen functional groups attached to an aromatic ring is 1. The average Bonchev–Trinajstić information content (AvgIpc) is 3.12. The summed E-state index contributed by atoms with van der Waals surface area (Å²) in [7, 11) is 1.92. The molecule has 0 bridgehead atoms. The molecule has 0 aliphatic heterocycles. The second-order valence-corrected chi connectivity index (χ2v) is 6.40. The molecule has 0 fully saturated rings. The number of hydrogen-bond donors (Lipinski definition) is 2. The molecular formula is C13H16N6S2. The van der Waals surface area contributed by atoms with Gasteiger partial charge in [0.15, 0.2) is 0 Å². The third-order valence-corrected chi connectivity index (χ3v) is 4.81. The number of hydrogen-bond acceptors (Lipinski definition) is 7. The minimum Gasteiger partial charge on any atom is -0.382 e. The first-order valence-electron chi connectivity index (χ1n) is 6.52.